The number of benzene rings is 1. The van der Waals surface area contributed by atoms with Gasteiger partial charge < -0.3 is 9.47 Å². The second-order valence-corrected chi connectivity index (χ2v) is 4.35. The summed E-state index contributed by atoms with van der Waals surface area (Å²) in [6.07, 6.45) is 1.71. The van der Waals surface area contributed by atoms with E-state index in [2.05, 4.69) is 16.3 Å². The van der Waals surface area contributed by atoms with Gasteiger partial charge in [-0.15, -0.1) is 10.2 Å². The van der Waals surface area contributed by atoms with E-state index in [0.717, 1.165) is 5.56 Å². The maximum Gasteiger partial charge on any atom is 0.168 e. The van der Waals surface area contributed by atoms with E-state index in [9.17, 15) is 0 Å². The van der Waals surface area contributed by atoms with Gasteiger partial charge in [0.2, 0.25) is 0 Å². The van der Waals surface area contributed by atoms with Crippen molar-refractivity contribution in [1.29, 1.82) is 5.26 Å². The first-order valence-corrected chi connectivity index (χ1v) is 6.24. The quantitative estimate of drug-likeness (QED) is 0.736. The fourth-order valence-electron chi connectivity index (χ4n) is 2.13. The van der Waals surface area contributed by atoms with Crippen molar-refractivity contribution in [1.82, 2.24) is 14.6 Å². The lowest BCUT2D eigenvalue weighted by atomic mass is 10.2. The lowest BCUT2D eigenvalue weighted by molar-refractivity contribution is 0.355. The zero-order chi connectivity index (χ0) is 14.8. The van der Waals surface area contributed by atoms with Crippen LogP contribution >= 0.6 is 0 Å². The van der Waals surface area contributed by atoms with Crippen LogP contribution in [0.15, 0.2) is 36.5 Å². The van der Waals surface area contributed by atoms with E-state index >= 15 is 0 Å². The number of aromatic nitrogens is 3. The number of methoxy groups -OCH3 is 2. The molecule has 0 unspecified atom stereocenters. The van der Waals surface area contributed by atoms with Gasteiger partial charge in [0.1, 0.15) is 6.07 Å². The number of rotatable bonds is 3. The van der Waals surface area contributed by atoms with Gasteiger partial charge in [-0.2, -0.15) is 5.26 Å². The molecule has 2 aromatic heterocycles. The SMILES string of the molecule is COc1ccc(-c2nnc3ccc(C#N)cn23)cc1OC. The highest BCUT2D eigenvalue weighted by Gasteiger charge is 2.12. The van der Waals surface area contributed by atoms with Gasteiger partial charge in [0.15, 0.2) is 23.0 Å². The molecule has 0 aliphatic rings. The van der Waals surface area contributed by atoms with Crippen LogP contribution in [0.25, 0.3) is 17.0 Å². The second-order valence-electron chi connectivity index (χ2n) is 4.35. The van der Waals surface area contributed by atoms with Gasteiger partial charge in [0.25, 0.3) is 0 Å². The van der Waals surface area contributed by atoms with E-state index in [1.807, 2.05) is 18.2 Å². The Morgan fingerprint density at radius 1 is 1.05 bits per heavy atom. The van der Waals surface area contributed by atoms with Crippen molar-refractivity contribution in [3.05, 3.63) is 42.1 Å². The van der Waals surface area contributed by atoms with Crippen molar-refractivity contribution in [2.24, 2.45) is 0 Å². The Balaban J connectivity index is 2.18. The summed E-state index contributed by atoms with van der Waals surface area (Å²) in [6, 6.07) is 11.1. The van der Waals surface area contributed by atoms with Crippen LogP contribution in [0.5, 0.6) is 11.5 Å². The van der Waals surface area contributed by atoms with Gasteiger partial charge in [-0.3, -0.25) is 4.40 Å². The molecule has 21 heavy (non-hydrogen) atoms. The zero-order valence-corrected chi connectivity index (χ0v) is 11.6. The van der Waals surface area contributed by atoms with Crippen molar-refractivity contribution in [3.8, 4) is 29.0 Å². The Labute approximate surface area is 121 Å². The molecule has 0 aliphatic carbocycles. The minimum atomic E-state index is 0.545. The molecule has 0 radical (unpaired) electrons. The second kappa shape index (κ2) is 5.13. The van der Waals surface area contributed by atoms with E-state index in [1.54, 1.807) is 36.9 Å². The summed E-state index contributed by atoms with van der Waals surface area (Å²) in [5.74, 6) is 1.90. The molecule has 0 fully saturated rings. The predicted molar refractivity (Wildman–Crippen MR) is 76.2 cm³/mol. The highest BCUT2D eigenvalue weighted by Crippen LogP contribution is 2.31. The van der Waals surface area contributed by atoms with Crippen LogP contribution in [-0.4, -0.2) is 28.8 Å². The highest BCUT2D eigenvalue weighted by molar-refractivity contribution is 5.64. The van der Waals surface area contributed by atoms with Gasteiger partial charge in [0.05, 0.1) is 19.8 Å². The van der Waals surface area contributed by atoms with Gasteiger partial charge in [-0.25, -0.2) is 0 Å². The molecule has 3 aromatic rings. The van der Waals surface area contributed by atoms with E-state index in [1.165, 1.54) is 0 Å². The van der Waals surface area contributed by atoms with E-state index < -0.39 is 0 Å². The first kappa shape index (κ1) is 12.9. The Morgan fingerprint density at radius 3 is 2.57 bits per heavy atom. The molecule has 104 valence electrons. The van der Waals surface area contributed by atoms with Crippen molar-refractivity contribution < 1.29 is 9.47 Å². The van der Waals surface area contributed by atoms with Gasteiger partial charge in [0, 0.05) is 11.8 Å². The molecule has 0 spiro atoms. The van der Waals surface area contributed by atoms with Crippen LogP contribution in [0.4, 0.5) is 0 Å². The number of hydrogen-bond acceptors (Lipinski definition) is 5. The predicted octanol–water partition coefficient (Wildman–Crippen LogP) is 2.29. The molecular weight excluding hydrogens is 268 g/mol. The van der Waals surface area contributed by atoms with Crippen LogP contribution in [-0.2, 0) is 0 Å². The van der Waals surface area contributed by atoms with Crippen LogP contribution in [0.2, 0.25) is 0 Å². The first-order valence-electron chi connectivity index (χ1n) is 6.24. The zero-order valence-electron chi connectivity index (χ0n) is 11.6. The summed E-state index contributed by atoms with van der Waals surface area (Å²) in [5.41, 5.74) is 2.05. The number of pyridine rings is 1. The van der Waals surface area contributed by atoms with Crippen LogP contribution in [0, 0.1) is 11.3 Å². The number of hydrogen-bond donors (Lipinski definition) is 0. The van der Waals surface area contributed by atoms with Crippen molar-refractivity contribution in [3.63, 3.8) is 0 Å². The standard InChI is InChI=1S/C15H12N4O2/c1-20-12-5-4-11(7-13(12)21-2)15-18-17-14-6-3-10(8-16)9-19(14)15/h3-7,9H,1-2H3. The third kappa shape index (κ3) is 2.15. The summed E-state index contributed by atoms with van der Waals surface area (Å²) in [6.45, 7) is 0. The normalized spacial score (nSPS) is 10.3. The van der Waals surface area contributed by atoms with Crippen LogP contribution in [0.3, 0.4) is 0 Å². The maximum atomic E-state index is 9.01. The minimum Gasteiger partial charge on any atom is -0.493 e. The number of nitriles is 1. The average Bonchev–Trinajstić information content (AvgIpc) is 2.97. The lowest BCUT2D eigenvalue weighted by Crippen LogP contribution is -1.94. The Kier molecular flexibility index (Phi) is 3.16. The van der Waals surface area contributed by atoms with Gasteiger partial charge >= 0.3 is 0 Å². The van der Waals surface area contributed by atoms with Crippen molar-refractivity contribution >= 4 is 5.65 Å². The van der Waals surface area contributed by atoms with Crippen molar-refractivity contribution in [2.75, 3.05) is 14.2 Å². The van der Waals surface area contributed by atoms with Crippen LogP contribution in [0.1, 0.15) is 5.56 Å². The maximum absolute atomic E-state index is 9.01. The number of fused-ring (bicyclic) bond motifs is 1. The topological polar surface area (TPSA) is 72.4 Å². The minimum absolute atomic E-state index is 0.545. The third-order valence-electron chi connectivity index (χ3n) is 3.17. The molecule has 6 heteroatoms. The van der Waals surface area contributed by atoms with Crippen molar-refractivity contribution in [2.45, 2.75) is 0 Å². The molecule has 0 amide bonds. The molecule has 0 bridgehead atoms. The Morgan fingerprint density at radius 2 is 1.86 bits per heavy atom. The van der Waals surface area contributed by atoms with Gasteiger partial charge in [-0.1, -0.05) is 0 Å². The monoisotopic (exact) mass is 280 g/mol. The molecule has 0 atom stereocenters. The number of nitrogens with zero attached hydrogens (tertiary/aromatic N) is 4. The summed E-state index contributed by atoms with van der Waals surface area (Å²) >= 11 is 0. The molecule has 1 aromatic carbocycles. The number of ether oxygens (including phenoxy) is 2. The molecule has 3 rings (SSSR count). The molecule has 0 N–H and O–H groups in total. The molecule has 0 aliphatic heterocycles. The fraction of sp³-hybridized carbons (Fsp3) is 0.133. The third-order valence-corrected chi connectivity index (χ3v) is 3.17. The lowest BCUT2D eigenvalue weighted by Gasteiger charge is -2.08. The largest absolute Gasteiger partial charge is 0.493 e. The molecule has 2 heterocycles. The fourth-order valence-corrected chi connectivity index (χ4v) is 2.13. The van der Waals surface area contributed by atoms with E-state index in [4.69, 9.17) is 14.7 Å². The van der Waals surface area contributed by atoms with E-state index in [0.29, 0.717) is 28.5 Å². The average molecular weight is 280 g/mol. The highest BCUT2D eigenvalue weighted by atomic mass is 16.5. The molecule has 6 nitrogen and oxygen atoms in total. The summed E-state index contributed by atoms with van der Waals surface area (Å²) in [7, 11) is 3.17. The Bertz CT molecular complexity index is 848. The summed E-state index contributed by atoms with van der Waals surface area (Å²) in [5, 5.41) is 17.3. The van der Waals surface area contributed by atoms with Crippen LogP contribution < -0.4 is 9.47 Å². The Hall–Kier alpha value is -3.07. The first-order chi connectivity index (χ1) is 10.3. The summed E-state index contributed by atoms with van der Waals surface area (Å²) < 4.78 is 12.3. The molecule has 0 saturated carbocycles. The molecule has 0 saturated heterocycles. The van der Waals surface area contributed by atoms with Gasteiger partial charge in [-0.05, 0) is 30.3 Å². The molecular formula is C15H12N4O2. The van der Waals surface area contributed by atoms with E-state index in [-0.39, 0.29) is 0 Å². The smallest absolute Gasteiger partial charge is 0.168 e. The summed E-state index contributed by atoms with van der Waals surface area (Å²) in [4.78, 5) is 0.